The topological polar surface area (TPSA) is 57.6 Å². The molecule has 0 aliphatic carbocycles. The van der Waals surface area contributed by atoms with Gasteiger partial charge in [0.1, 0.15) is 17.4 Å². The number of nitrogens with zero attached hydrogens (tertiary/aromatic N) is 2. The molecule has 5 nitrogen and oxygen atoms in total. The normalized spacial score (nSPS) is 16.5. The smallest absolute Gasteiger partial charge is 0.137 e. The number of methoxy groups -OCH3 is 1. The first kappa shape index (κ1) is 23.3. The third-order valence-electron chi connectivity index (χ3n) is 6.13. The van der Waals surface area contributed by atoms with Gasteiger partial charge in [0.05, 0.1) is 24.9 Å². The van der Waals surface area contributed by atoms with Gasteiger partial charge in [-0.05, 0) is 61.8 Å². The molecule has 0 saturated carbocycles. The average molecular weight is 454 g/mol. The zero-order chi connectivity index (χ0) is 23.2. The molecule has 0 bridgehead atoms. The fraction of sp³-hybridized carbons (Fsp3) is 0.346. The van der Waals surface area contributed by atoms with Crippen LogP contribution in [0.15, 0.2) is 54.7 Å². The Labute approximate surface area is 192 Å². The van der Waals surface area contributed by atoms with Crippen LogP contribution in [0.2, 0.25) is 0 Å². The SMILES string of the molecule is COc1cnc2cccc(C(O)CN3CCC(NCC=Cc4cc(F)ccc4F)CC3)c2c1. The molecule has 2 aromatic carbocycles. The van der Waals surface area contributed by atoms with Gasteiger partial charge in [0.2, 0.25) is 0 Å². The Morgan fingerprint density at radius 2 is 2.03 bits per heavy atom. The molecule has 1 aromatic heterocycles. The highest BCUT2D eigenvalue weighted by molar-refractivity contribution is 5.83. The quantitative estimate of drug-likeness (QED) is 0.532. The van der Waals surface area contributed by atoms with Gasteiger partial charge in [-0.3, -0.25) is 4.98 Å². The van der Waals surface area contributed by atoms with Crippen molar-refractivity contribution in [2.24, 2.45) is 0 Å². The Morgan fingerprint density at radius 1 is 1.21 bits per heavy atom. The maximum atomic E-state index is 13.7. The van der Waals surface area contributed by atoms with Gasteiger partial charge in [-0.1, -0.05) is 24.3 Å². The molecule has 1 saturated heterocycles. The monoisotopic (exact) mass is 453 g/mol. The lowest BCUT2D eigenvalue weighted by atomic mass is 10.0. The largest absolute Gasteiger partial charge is 0.495 e. The number of likely N-dealkylation sites (tertiary alicyclic amines) is 1. The van der Waals surface area contributed by atoms with Crippen LogP contribution in [0.3, 0.4) is 0 Å². The van der Waals surface area contributed by atoms with Gasteiger partial charge in [0.15, 0.2) is 0 Å². The van der Waals surface area contributed by atoms with E-state index < -0.39 is 17.7 Å². The fourth-order valence-electron chi connectivity index (χ4n) is 4.28. The summed E-state index contributed by atoms with van der Waals surface area (Å²) in [6, 6.07) is 11.5. The van der Waals surface area contributed by atoms with E-state index in [2.05, 4.69) is 15.2 Å². The minimum absolute atomic E-state index is 0.252. The van der Waals surface area contributed by atoms with E-state index in [0.717, 1.165) is 54.5 Å². The first-order valence-corrected chi connectivity index (χ1v) is 11.2. The van der Waals surface area contributed by atoms with Crippen molar-refractivity contribution in [2.45, 2.75) is 25.0 Å². The van der Waals surface area contributed by atoms with Crippen molar-refractivity contribution >= 4 is 17.0 Å². The first-order valence-electron chi connectivity index (χ1n) is 11.2. The Morgan fingerprint density at radius 3 is 2.82 bits per heavy atom. The van der Waals surface area contributed by atoms with Crippen molar-refractivity contribution in [1.29, 1.82) is 0 Å². The van der Waals surface area contributed by atoms with E-state index in [4.69, 9.17) is 4.74 Å². The predicted octanol–water partition coefficient (Wildman–Crippen LogP) is 4.32. The number of piperidine rings is 1. The number of aromatic nitrogens is 1. The summed E-state index contributed by atoms with van der Waals surface area (Å²) in [4.78, 5) is 6.68. The lowest BCUT2D eigenvalue weighted by Crippen LogP contribution is -2.43. The summed E-state index contributed by atoms with van der Waals surface area (Å²) in [6.07, 6.45) is 6.40. The number of ether oxygens (including phenoxy) is 1. The molecule has 1 fully saturated rings. The number of halogens is 2. The summed E-state index contributed by atoms with van der Waals surface area (Å²) in [5.41, 5.74) is 1.94. The second-order valence-electron chi connectivity index (χ2n) is 8.36. The van der Waals surface area contributed by atoms with E-state index in [1.54, 1.807) is 19.4 Å². The standard InChI is InChI=1S/C26H29F2N3O2/c1-33-21-15-23-22(5-2-6-25(23)30-16-21)26(32)17-31-12-9-20(10-13-31)29-11-3-4-18-14-19(27)7-8-24(18)28/h2-8,14-16,20,26,29,32H,9-13,17H2,1H3. The lowest BCUT2D eigenvalue weighted by Gasteiger charge is -2.33. The van der Waals surface area contributed by atoms with Gasteiger partial charge in [-0.15, -0.1) is 0 Å². The highest BCUT2D eigenvalue weighted by Gasteiger charge is 2.22. The van der Waals surface area contributed by atoms with Crippen LogP contribution < -0.4 is 10.1 Å². The summed E-state index contributed by atoms with van der Waals surface area (Å²) in [6.45, 7) is 2.91. The molecule has 0 radical (unpaired) electrons. The van der Waals surface area contributed by atoms with Crippen molar-refractivity contribution in [3.05, 3.63) is 77.5 Å². The number of hydrogen-bond donors (Lipinski definition) is 2. The molecule has 174 valence electrons. The average Bonchev–Trinajstić information content (AvgIpc) is 2.84. The molecule has 7 heteroatoms. The van der Waals surface area contributed by atoms with Gasteiger partial charge in [0.25, 0.3) is 0 Å². The molecule has 3 aromatic rings. The molecular formula is C26H29F2N3O2. The number of aliphatic hydroxyl groups excluding tert-OH is 1. The molecule has 0 amide bonds. The van der Waals surface area contributed by atoms with Crippen LogP contribution >= 0.6 is 0 Å². The van der Waals surface area contributed by atoms with Gasteiger partial charge >= 0.3 is 0 Å². The Bertz CT molecular complexity index is 1110. The van der Waals surface area contributed by atoms with E-state index >= 15 is 0 Å². The summed E-state index contributed by atoms with van der Waals surface area (Å²) in [7, 11) is 1.61. The third-order valence-corrected chi connectivity index (χ3v) is 6.13. The van der Waals surface area contributed by atoms with Crippen LogP contribution in [-0.4, -0.2) is 54.3 Å². The molecule has 1 atom stereocenters. The van der Waals surface area contributed by atoms with Gasteiger partial charge in [-0.25, -0.2) is 8.78 Å². The van der Waals surface area contributed by atoms with Crippen molar-refractivity contribution in [3.63, 3.8) is 0 Å². The third kappa shape index (κ3) is 5.93. The van der Waals surface area contributed by atoms with Crippen LogP contribution in [0.1, 0.15) is 30.1 Å². The number of β-amino-alcohol motifs (C(OH)–C–C–N with tert-alkyl or cyclic N) is 1. The molecule has 1 unspecified atom stereocenters. The number of benzene rings is 2. The van der Waals surface area contributed by atoms with E-state index in [1.807, 2.05) is 30.3 Å². The van der Waals surface area contributed by atoms with E-state index in [0.29, 0.717) is 24.9 Å². The molecule has 1 aliphatic rings. The van der Waals surface area contributed by atoms with E-state index in [9.17, 15) is 13.9 Å². The molecular weight excluding hydrogens is 424 g/mol. The summed E-state index contributed by atoms with van der Waals surface area (Å²) < 4.78 is 32.2. The molecule has 0 spiro atoms. The maximum Gasteiger partial charge on any atom is 0.137 e. The number of aliphatic hydroxyl groups is 1. The van der Waals surface area contributed by atoms with Crippen LogP contribution in [0.25, 0.3) is 17.0 Å². The zero-order valence-electron chi connectivity index (χ0n) is 18.7. The molecule has 2 N–H and O–H groups in total. The van der Waals surface area contributed by atoms with Gasteiger partial charge in [0, 0.05) is 30.1 Å². The maximum absolute atomic E-state index is 13.7. The molecule has 4 rings (SSSR count). The van der Waals surface area contributed by atoms with Crippen LogP contribution in [0.4, 0.5) is 8.78 Å². The first-order chi connectivity index (χ1) is 16.0. The molecule has 1 aliphatic heterocycles. The van der Waals surface area contributed by atoms with E-state index in [-0.39, 0.29) is 5.56 Å². The number of pyridine rings is 1. The number of nitrogens with one attached hydrogen (secondary N) is 1. The van der Waals surface area contributed by atoms with Crippen molar-refractivity contribution in [1.82, 2.24) is 15.2 Å². The van der Waals surface area contributed by atoms with E-state index in [1.165, 1.54) is 6.07 Å². The van der Waals surface area contributed by atoms with Gasteiger partial charge < -0.3 is 20.1 Å². The lowest BCUT2D eigenvalue weighted by molar-refractivity contribution is 0.0955. The van der Waals surface area contributed by atoms with Crippen molar-refractivity contribution in [2.75, 3.05) is 33.3 Å². The fourth-order valence-corrected chi connectivity index (χ4v) is 4.28. The van der Waals surface area contributed by atoms with Crippen LogP contribution in [0, 0.1) is 11.6 Å². The molecule has 33 heavy (non-hydrogen) atoms. The second-order valence-corrected chi connectivity index (χ2v) is 8.36. The minimum Gasteiger partial charge on any atom is -0.495 e. The van der Waals surface area contributed by atoms with Crippen LogP contribution in [0.5, 0.6) is 5.75 Å². The Kier molecular flexibility index (Phi) is 7.65. The summed E-state index contributed by atoms with van der Waals surface area (Å²) in [5, 5.41) is 15.3. The predicted molar refractivity (Wildman–Crippen MR) is 126 cm³/mol. The molecule has 2 heterocycles. The number of rotatable bonds is 8. The second kappa shape index (κ2) is 10.8. The highest BCUT2D eigenvalue weighted by Crippen LogP contribution is 2.27. The minimum atomic E-state index is -0.615. The zero-order valence-corrected chi connectivity index (χ0v) is 18.7. The van der Waals surface area contributed by atoms with Crippen molar-refractivity contribution < 1.29 is 18.6 Å². The van der Waals surface area contributed by atoms with Crippen LogP contribution in [-0.2, 0) is 0 Å². The Hall–Kier alpha value is -2.87. The summed E-state index contributed by atoms with van der Waals surface area (Å²) in [5.74, 6) is -0.208. The summed E-state index contributed by atoms with van der Waals surface area (Å²) >= 11 is 0. The van der Waals surface area contributed by atoms with Gasteiger partial charge in [-0.2, -0.15) is 0 Å². The van der Waals surface area contributed by atoms with Crippen molar-refractivity contribution in [3.8, 4) is 5.75 Å². The highest BCUT2D eigenvalue weighted by atomic mass is 19.1. The number of fused-ring (bicyclic) bond motifs is 1. The Balaban J connectivity index is 1.27. The number of hydrogen-bond acceptors (Lipinski definition) is 5.